The van der Waals surface area contributed by atoms with Gasteiger partial charge in [-0.05, 0) is 0 Å². The van der Waals surface area contributed by atoms with E-state index in [-0.39, 0.29) is 53.8 Å². The normalized spacial score (nSPS) is 13.4. The van der Waals surface area contributed by atoms with E-state index in [4.69, 9.17) is 5.73 Å². The fourth-order valence-corrected chi connectivity index (χ4v) is 0. The average Bonchev–Trinajstić information content (AvgIpc) is 1.35. The van der Waals surface area contributed by atoms with Gasteiger partial charge >= 0.3 is 56.1 Å². The first-order valence-electron chi connectivity index (χ1n) is 1.65. The van der Waals surface area contributed by atoms with Gasteiger partial charge in [-0.1, -0.05) is 0 Å². The molecule has 0 radical (unpaired) electrons. The van der Waals surface area contributed by atoms with Gasteiger partial charge in [-0.25, -0.2) is 0 Å². The summed E-state index contributed by atoms with van der Waals surface area (Å²) < 4.78 is 0.0483. The van der Waals surface area contributed by atoms with Crippen LogP contribution >= 0.6 is 11.8 Å². The predicted octanol–water partition coefficient (Wildman–Crippen LogP) is -8.84. The molecule has 0 aromatic rings. The van der Waals surface area contributed by atoms with E-state index >= 15 is 0 Å². The van der Waals surface area contributed by atoms with Gasteiger partial charge in [-0.15, -0.1) is 0 Å². The van der Waals surface area contributed by atoms with Crippen LogP contribution in [0.1, 0.15) is 6.92 Å². The van der Waals surface area contributed by atoms with Crippen molar-refractivity contribution >= 4 is 34.3 Å². The zero-order chi connectivity index (χ0) is 5.21. The van der Waals surface area contributed by atoms with Gasteiger partial charge < -0.3 is 50.9 Å². The van der Waals surface area contributed by atoms with E-state index in [1.807, 2.05) is 13.2 Å². The molecule has 0 heterocycles. The second kappa shape index (κ2) is 10.5. The molecule has 0 aliphatic heterocycles. The standard InChI is InChI=1S/C3H8NS.3BrH.Sn/c1-3(4)5-2;;;;/h4H2,1-2H3;3*1H;/q;;;;+3/p-3. The van der Waals surface area contributed by atoms with E-state index in [2.05, 4.69) is 0 Å². The largest absolute Gasteiger partial charge is 1.00 e. The van der Waals surface area contributed by atoms with Crippen molar-refractivity contribution in [2.75, 3.05) is 6.26 Å². The molecule has 1 unspecified atom stereocenters. The topological polar surface area (TPSA) is 26.0 Å². The third kappa shape index (κ3) is 25.0. The molecule has 0 saturated heterocycles. The van der Waals surface area contributed by atoms with E-state index in [0.717, 1.165) is 0 Å². The number of hydrogen-bond acceptors (Lipinski definition) is 2. The summed E-state index contributed by atoms with van der Waals surface area (Å²) in [6, 6.07) is 0. The van der Waals surface area contributed by atoms with Gasteiger partial charge in [-0.3, -0.25) is 0 Å². The summed E-state index contributed by atoms with van der Waals surface area (Å²) >= 11 is 3.09. The second-order valence-corrected chi connectivity index (χ2v) is 6.57. The summed E-state index contributed by atoms with van der Waals surface area (Å²) in [6.45, 7) is 2.02. The van der Waals surface area contributed by atoms with Crippen molar-refractivity contribution in [3.63, 3.8) is 0 Å². The third-order valence-electron chi connectivity index (χ3n) is 0.424. The molecule has 0 bridgehead atoms. The summed E-state index contributed by atoms with van der Waals surface area (Å²) in [6.07, 6.45) is 2.02. The van der Waals surface area contributed by atoms with Crippen molar-refractivity contribution < 1.29 is 50.9 Å². The summed E-state index contributed by atoms with van der Waals surface area (Å²) in [5, 5.41) is 0. The molecule has 6 heteroatoms. The predicted molar refractivity (Wildman–Crippen MR) is 31.9 cm³/mol. The molecule has 0 saturated carbocycles. The molecule has 0 amide bonds. The molecule has 1 nitrogen and oxygen atoms in total. The summed E-state index contributed by atoms with van der Waals surface area (Å²) in [7, 11) is 0. The van der Waals surface area contributed by atoms with Gasteiger partial charge in [-0.2, -0.15) is 0 Å². The van der Waals surface area contributed by atoms with Gasteiger partial charge in [0.25, 0.3) is 0 Å². The van der Waals surface area contributed by atoms with E-state index in [1.54, 1.807) is 11.8 Å². The van der Waals surface area contributed by atoms with Crippen molar-refractivity contribution in [1.82, 2.24) is 0 Å². The van der Waals surface area contributed by atoms with Gasteiger partial charge in [0.05, 0.1) is 0 Å². The fourth-order valence-electron chi connectivity index (χ4n) is 0. The molecule has 0 rings (SSSR count). The minimum Gasteiger partial charge on any atom is -1.00 e. The van der Waals surface area contributed by atoms with Crippen LogP contribution in [0, 0.1) is 0 Å². The maximum Gasteiger partial charge on any atom is -1.00 e. The van der Waals surface area contributed by atoms with Crippen LogP contribution in [0.25, 0.3) is 0 Å². The van der Waals surface area contributed by atoms with Crippen LogP contribution in [0.4, 0.5) is 0 Å². The molecule has 1 atom stereocenters. The molecule has 9 heavy (non-hydrogen) atoms. The number of nitrogens with two attached hydrogens (primary N) is 1. The van der Waals surface area contributed by atoms with Gasteiger partial charge in [0.1, 0.15) is 0 Å². The molecule has 0 aromatic heterocycles. The average molecular weight is 449 g/mol. The Bertz CT molecular complexity index is 48.8. The van der Waals surface area contributed by atoms with Gasteiger partial charge in [0.15, 0.2) is 0 Å². The molecular formula is C3H8Br3NSSn. The zero-order valence-corrected chi connectivity index (χ0v) is 13.5. The maximum atomic E-state index is 5.54. The first kappa shape index (κ1) is 22.6. The fraction of sp³-hybridized carbons (Fsp3) is 1.00. The zero-order valence-electron chi connectivity index (χ0n) is 5.12. The maximum absolute atomic E-state index is 5.54. The van der Waals surface area contributed by atoms with Gasteiger partial charge in [0.2, 0.25) is 0 Å². The van der Waals surface area contributed by atoms with E-state index in [1.165, 1.54) is 22.5 Å². The van der Waals surface area contributed by atoms with Crippen LogP contribution < -0.4 is 56.7 Å². The van der Waals surface area contributed by atoms with Crippen molar-refractivity contribution in [2.24, 2.45) is 5.73 Å². The van der Waals surface area contributed by atoms with Crippen LogP contribution in [0.15, 0.2) is 0 Å². The molecule has 56 valence electrons. The number of thioether (sulfide) groups is 1. The molecule has 0 aromatic carbocycles. The second-order valence-electron chi connectivity index (χ2n) is 1.31. The monoisotopic (exact) mass is 447 g/mol. The molecule has 0 aliphatic carbocycles. The summed E-state index contributed by atoms with van der Waals surface area (Å²) in [5.41, 5.74) is 5.54. The molecule has 2 N–H and O–H groups in total. The van der Waals surface area contributed by atoms with Gasteiger partial charge in [0, 0.05) is 0 Å². The Labute approximate surface area is 106 Å². The Hall–Kier alpha value is 2.55. The molecular weight excluding hydrogens is 441 g/mol. The Morgan fingerprint density at radius 3 is 1.44 bits per heavy atom. The molecule has 0 aliphatic rings. The summed E-state index contributed by atoms with van der Waals surface area (Å²) in [4.78, 5) is 0. The number of halogens is 3. The minimum atomic E-state index is 0. The Balaban J connectivity index is -0.0000000417. The number of rotatable bonds is 1. The molecule has 0 spiro atoms. The number of hydrogen-bond donors (Lipinski definition) is 1. The minimum absolute atomic E-state index is 0. The Morgan fingerprint density at radius 1 is 1.33 bits per heavy atom. The van der Waals surface area contributed by atoms with E-state index in [9.17, 15) is 0 Å². The van der Waals surface area contributed by atoms with Crippen LogP contribution in [0.5, 0.6) is 0 Å². The van der Waals surface area contributed by atoms with Crippen molar-refractivity contribution in [3.8, 4) is 0 Å². The van der Waals surface area contributed by atoms with Crippen LogP contribution in [0.2, 0.25) is 0 Å². The van der Waals surface area contributed by atoms with Crippen LogP contribution in [0.3, 0.4) is 0 Å². The van der Waals surface area contributed by atoms with Crippen molar-refractivity contribution in [3.05, 3.63) is 0 Å². The summed E-state index contributed by atoms with van der Waals surface area (Å²) in [5.74, 6) is 0. The third-order valence-corrected chi connectivity index (χ3v) is 3.02. The first-order chi connectivity index (χ1) is 2.56. The van der Waals surface area contributed by atoms with E-state index < -0.39 is 0 Å². The van der Waals surface area contributed by atoms with Crippen LogP contribution in [-0.4, -0.2) is 31.7 Å². The van der Waals surface area contributed by atoms with Crippen LogP contribution in [-0.2, 0) is 0 Å². The smallest absolute Gasteiger partial charge is 1.00 e. The Morgan fingerprint density at radius 2 is 1.44 bits per heavy atom. The molecule has 0 fully saturated rings. The van der Waals surface area contributed by atoms with E-state index in [0.29, 0.717) is 0 Å². The first-order valence-corrected chi connectivity index (χ1v) is 4.30. The van der Waals surface area contributed by atoms with Crippen molar-refractivity contribution in [1.29, 1.82) is 0 Å². The Kier molecular flexibility index (Phi) is 26.4. The quantitative estimate of drug-likeness (QED) is 0.319. The SMILES string of the molecule is CS[C](C)(N)[Sn+3].[Br-].[Br-].[Br-]. The van der Waals surface area contributed by atoms with Crippen molar-refractivity contribution in [2.45, 2.75) is 9.81 Å².